The molecule has 126 valence electrons. The topological polar surface area (TPSA) is 71.7 Å². The molecule has 2 aliphatic rings. The molecule has 7 heteroatoms. The summed E-state index contributed by atoms with van der Waals surface area (Å²) in [5.41, 5.74) is 0. The third-order valence-electron chi connectivity index (χ3n) is 4.46. The van der Waals surface area contributed by atoms with Crippen LogP contribution in [0.25, 0.3) is 0 Å². The highest BCUT2D eigenvalue weighted by atomic mass is 16.5. The van der Waals surface area contributed by atoms with Gasteiger partial charge in [0, 0.05) is 51.7 Å². The number of carbonyl (C=O) groups excluding carboxylic acids is 1. The summed E-state index contributed by atoms with van der Waals surface area (Å²) in [6.45, 7) is 8.99. The van der Waals surface area contributed by atoms with Crippen molar-refractivity contribution in [2.24, 2.45) is 0 Å². The number of ether oxygens (including phenoxy) is 1. The number of hydrogen-bond donors (Lipinski definition) is 0. The zero-order valence-corrected chi connectivity index (χ0v) is 13.4. The minimum atomic E-state index is 0.154. The minimum Gasteiger partial charge on any atom is -0.381 e. The first-order valence-electron chi connectivity index (χ1n) is 8.27. The lowest BCUT2D eigenvalue weighted by Gasteiger charge is -2.33. The van der Waals surface area contributed by atoms with Crippen molar-refractivity contribution >= 4 is 5.91 Å². The molecule has 0 radical (unpaired) electrons. The molecule has 0 aromatic carbocycles. The van der Waals surface area contributed by atoms with E-state index in [-0.39, 0.29) is 5.91 Å². The van der Waals surface area contributed by atoms with Crippen molar-refractivity contribution in [1.29, 1.82) is 0 Å². The molecule has 0 spiro atoms. The van der Waals surface area contributed by atoms with Crippen LogP contribution in [-0.2, 0) is 16.1 Å². The van der Waals surface area contributed by atoms with Gasteiger partial charge in [-0.15, -0.1) is 6.58 Å². The first kappa shape index (κ1) is 16.1. The molecule has 3 heterocycles. The van der Waals surface area contributed by atoms with E-state index in [0.717, 1.165) is 63.9 Å². The van der Waals surface area contributed by atoms with Crippen LogP contribution in [0.15, 0.2) is 17.2 Å². The van der Waals surface area contributed by atoms with Gasteiger partial charge in [0.1, 0.15) is 0 Å². The lowest BCUT2D eigenvalue weighted by molar-refractivity contribution is -0.132. The Morgan fingerprint density at radius 1 is 1.26 bits per heavy atom. The predicted molar refractivity (Wildman–Crippen MR) is 83.8 cm³/mol. The third-order valence-corrected chi connectivity index (χ3v) is 4.46. The van der Waals surface area contributed by atoms with Crippen LogP contribution >= 0.6 is 0 Å². The molecular formula is C16H24N4O3. The van der Waals surface area contributed by atoms with Crippen LogP contribution < -0.4 is 0 Å². The number of piperazine rings is 1. The normalized spacial score (nSPS) is 20.6. The van der Waals surface area contributed by atoms with Crippen LogP contribution in [0.5, 0.6) is 0 Å². The Balaban J connectivity index is 1.48. The predicted octanol–water partition coefficient (Wildman–Crippen LogP) is 1.18. The highest BCUT2D eigenvalue weighted by Gasteiger charge is 2.24. The molecule has 1 aromatic heterocycles. The minimum absolute atomic E-state index is 0.154. The number of carbonyl (C=O) groups is 1. The van der Waals surface area contributed by atoms with Crippen molar-refractivity contribution in [3.8, 4) is 0 Å². The molecule has 0 unspecified atom stereocenters. The van der Waals surface area contributed by atoms with Gasteiger partial charge >= 0.3 is 0 Å². The van der Waals surface area contributed by atoms with E-state index in [1.807, 2.05) is 4.90 Å². The molecule has 0 bridgehead atoms. The van der Waals surface area contributed by atoms with E-state index in [0.29, 0.717) is 18.9 Å². The summed E-state index contributed by atoms with van der Waals surface area (Å²) in [6, 6.07) is 0. The number of nitrogens with zero attached hydrogens (tertiary/aromatic N) is 4. The molecule has 7 nitrogen and oxygen atoms in total. The molecule has 2 saturated heterocycles. The van der Waals surface area contributed by atoms with Crippen molar-refractivity contribution in [3.63, 3.8) is 0 Å². The molecule has 2 aliphatic heterocycles. The zero-order valence-electron chi connectivity index (χ0n) is 13.4. The summed E-state index contributed by atoms with van der Waals surface area (Å²) in [7, 11) is 0. The highest BCUT2D eigenvalue weighted by molar-refractivity contribution is 5.77. The van der Waals surface area contributed by atoms with Crippen LogP contribution in [0.3, 0.4) is 0 Å². The van der Waals surface area contributed by atoms with E-state index in [9.17, 15) is 4.79 Å². The van der Waals surface area contributed by atoms with E-state index in [2.05, 4.69) is 21.6 Å². The van der Waals surface area contributed by atoms with Crippen molar-refractivity contribution < 1.29 is 14.1 Å². The Morgan fingerprint density at radius 3 is 2.70 bits per heavy atom. The quantitative estimate of drug-likeness (QED) is 0.759. The summed E-state index contributed by atoms with van der Waals surface area (Å²) >= 11 is 0. The molecule has 3 rings (SSSR count). The van der Waals surface area contributed by atoms with Gasteiger partial charge in [0.15, 0.2) is 5.82 Å². The Bertz CT molecular complexity index is 531. The Morgan fingerprint density at radius 2 is 2.00 bits per heavy atom. The first-order chi connectivity index (χ1) is 11.3. The summed E-state index contributed by atoms with van der Waals surface area (Å²) in [5, 5.41) is 4.11. The van der Waals surface area contributed by atoms with Crippen LogP contribution in [-0.4, -0.2) is 65.2 Å². The van der Waals surface area contributed by atoms with Crippen LogP contribution in [0.2, 0.25) is 0 Å². The van der Waals surface area contributed by atoms with Gasteiger partial charge in [0.05, 0.1) is 6.54 Å². The Kier molecular flexibility index (Phi) is 5.40. The van der Waals surface area contributed by atoms with E-state index in [1.54, 1.807) is 6.08 Å². The summed E-state index contributed by atoms with van der Waals surface area (Å²) < 4.78 is 10.8. The van der Waals surface area contributed by atoms with E-state index >= 15 is 0 Å². The number of rotatable bonds is 5. The third kappa shape index (κ3) is 4.17. The number of hydrogen-bond acceptors (Lipinski definition) is 6. The second-order valence-electron chi connectivity index (χ2n) is 6.09. The van der Waals surface area contributed by atoms with E-state index in [4.69, 9.17) is 9.26 Å². The van der Waals surface area contributed by atoms with Crippen molar-refractivity contribution in [2.45, 2.75) is 31.7 Å². The van der Waals surface area contributed by atoms with Crippen LogP contribution in [0.4, 0.5) is 0 Å². The maximum atomic E-state index is 11.8. The standard InChI is InChI=1S/C16H24N4O3/c1-2-3-15(21)20-8-6-19(7-9-20)12-14-17-16(23-18-14)13-4-10-22-11-5-13/h2,13H,1,3-12H2. The summed E-state index contributed by atoms with van der Waals surface area (Å²) in [6.07, 6.45) is 3.97. The maximum Gasteiger partial charge on any atom is 0.229 e. The fraction of sp³-hybridized carbons (Fsp3) is 0.688. The van der Waals surface area contributed by atoms with Gasteiger partial charge < -0.3 is 14.2 Å². The average molecular weight is 320 g/mol. The molecule has 1 aromatic rings. The molecule has 2 fully saturated rings. The van der Waals surface area contributed by atoms with Gasteiger partial charge in [-0.25, -0.2) is 0 Å². The fourth-order valence-electron chi connectivity index (χ4n) is 3.05. The SMILES string of the molecule is C=CCC(=O)N1CCN(Cc2noc(C3CCOCC3)n2)CC1. The van der Waals surface area contributed by atoms with Gasteiger partial charge in [-0.2, -0.15) is 4.98 Å². The molecule has 0 N–H and O–H groups in total. The molecule has 23 heavy (non-hydrogen) atoms. The maximum absolute atomic E-state index is 11.8. The molecular weight excluding hydrogens is 296 g/mol. The lowest BCUT2D eigenvalue weighted by atomic mass is 10.0. The molecule has 0 aliphatic carbocycles. The van der Waals surface area contributed by atoms with Crippen LogP contribution in [0.1, 0.15) is 36.9 Å². The van der Waals surface area contributed by atoms with Crippen LogP contribution in [0, 0.1) is 0 Å². The monoisotopic (exact) mass is 320 g/mol. The van der Waals surface area contributed by atoms with Crippen molar-refractivity contribution in [3.05, 3.63) is 24.4 Å². The second-order valence-corrected chi connectivity index (χ2v) is 6.09. The van der Waals surface area contributed by atoms with Gasteiger partial charge in [-0.05, 0) is 12.8 Å². The summed E-state index contributed by atoms with van der Waals surface area (Å²) in [4.78, 5) is 20.5. The average Bonchev–Trinajstić information content (AvgIpc) is 3.05. The van der Waals surface area contributed by atoms with E-state index < -0.39 is 0 Å². The van der Waals surface area contributed by atoms with Crippen molar-refractivity contribution in [2.75, 3.05) is 39.4 Å². The zero-order chi connectivity index (χ0) is 16.1. The Hall–Kier alpha value is -1.73. The summed E-state index contributed by atoms with van der Waals surface area (Å²) in [5.74, 6) is 1.96. The van der Waals surface area contributed by atoms with Gasteiger partial charge in [-0.1, -0.05) is 11.2 Å². The fourth-order valence-corrected chi connectivity index (χ4v) is 3.05. The molecule has 1 amide bonds. The van der Waals surface area contributed by atoms with Gasteiger partial charge in [0.25, 0.3) is 0 Å². The smallest absolute Gasteiger partial charge is 0.229 e. The van der Waals surface area contributed by atoms with E-state index in [1.165, 1.54) is 0 Å². The molecule has 0 atom stereocenters. The number of aromatic nitrogens is 2. The molecule has 0 saturated carbocycles. The highest BCUT2D eigenvalue weighted by Crippen LogP contribution is 2.25. The van der Waals surface area contributed by atoms with Crippen molar-refractivity contribution in [1.82, 2.24) is 19.9 Å². The first-order valence-corrected chi connectivity index (χ1v) is 8.27. The largest absolute Gasteiger partial charge is 0.381 e. The van der Waals surface area contributed by atoms with Gasteiger partial charge in [0.2, 0.25) is 11.8 Å². The van der Waals surface area contributed by atoms with Gasteiger partial charge in [-0.3, -0.25) is 9.69 Å². The number of amides is 1. The second kappa shape index (κ2) is 7.70. The Labute approximate surface area is 136 Å². The lowest BCUT2D eigenvalue weighted by Crippen LogP contribution is -2.48.